The lowest BCUT2D eigenvalue weighted by atomic mass is 9.99. The molecule has 6 atom stereocenters. The molecular weight excluding hydrogens is 725 g/mol. The van der Waals surface area contributed by atoms with E-state index in [-0.39, 0.29) is 19.6 Å². The third-order valence-corrected chi connectivity index (χ3v) is 10.6. The Morgan fingerprint density at radius 2 is 1.05 bits per heavy atom. The lowest BCUT2D eigenvalue weighted by molar-refractivity contribution is -0.305. The van der Waals surface area contributed by atoms with Crippen molar-refractivity contribution in [3.63, 3.8) is 0 Å². The van der Waals surface area contributed by atoms with Crippen LogP contribution in [0.25, 0.3) is 0 Å². The first-order valence-electron chi connectivity index (χ1n) is 23.1. The molecule has 0 bridgehead atoms. The summed E-state index contributed by atoms with van der Waals surface area (Å²) in [5, 5.41) is 40.0. The van der Waals surface area contributed by atoms with Gasteiger partial charge in [0.1, 0.15) is 31.0 Å². The molecule has 1 aliphatic heterocycles. The highest BCUT2D eigenvalue weighted by molar-refractivity contribution is 5.82. The van der Waals surface area contributed by atoms with Gasteiger partial charge in [0.15, 0.2) is 12.4 Å². The van der Waals surface area contributed by atoms with Crippen LogP contribution in [0.1, 0.15) is 194 Å². The maximum atomic E-state index is 12.7. The van der Waals surface area contributed by atoms with Crippen molar-refractivity contribution in [1.82, 2.24) is 0 Å². The molecule has 10 nitrogen and oxygen atoms in total. The highest BCUT2D eigenvalue weighted by atomic mass is 16.7. The lowest BCUT2D eigenvalue weighted by Crippen LogP contribution is -2.59. The standard InChI is InChI=1S/C47H84O10/c1-3-5-7-9-11-13-15-17-19-20-22-23-25-27-29-31-33-35-42(49)54-38-40(39-55-47-46(53)45(52)44(51)41(37-48)57-47)56-43(50)36-34-32-30-28-26-24-21-18-16-14-12-10-8-6-4-2/h13,15,30,32,34,36,40-41,44-48,51-53H,3-12,14,16-29,31,33,35,37-39H2,1-2H3/b15-13+,32-30+,36-34+/t40-,41-,44+,45?,46?,47-/m0/s1. The Hall–Kier alpha value is -2.08. The number of hydrogen-bond donors (Lipinski definition) is 4. The second kappa shape index (κ2) is 38.1. The molecule has 57 heavy (non-hydrogen) atoms. The predicted octanol–water partition coefficient (Wildman–Crippen LogP) is 9.89. The molecule has 10 heteroatoms. The molecule has 0 aromatic rings. The molecule has 332 valence electrons. The average molecular weight is 809 g/mol. The molecule has 0 radical (unpaired) electrons. The second-order valence-electron chi connectivity index (χ2n) is 15.9. The summed E-state index contributed by atoms with van der Waals surface area (Å²) in [4.78, 5) is 25.2. The first kappa shape index (κ1) is 52.9. The quantitative estimate of drug-likeness (QED) is 0.0156. The van der Waals surface area contributed by atoms with Crippen LogP contribution in [0.2, 0.25) is 0 Å². The number of aliphatic hydroxyl groups excluding tert-OH is 4. The molecule has 1 saturated heterocycles. The first-order chi connectivity index (χ1) is 27.8. The first-order valence-corrected chi connectivity index (χ1v) is 23.1. The fourth-order valence-corrected chi connectivity index (χ4v) is 6.91. The van der Waals surface area contributed by atoms with E-state index in [0.717, 1.165) is 32.1 Å². The van der Waals surface area contributed by atoms with E-state index in [2.05, 4.69) is 26.0 Å². The van der Waals surface area contributed by atoms with Gasteiger partial charge in [0.05, 0.1) is 13.2 Å². The van der Waals surface area contributed by atoms with Crippen LogP contribution in [-0.4, -0.2) is 89.0 Å². The van der Waals surface area contributed by atoms with Gasteiger partial charge in [-0.25, -0.2) is 4.79 Å². The summed E-state index contributed by atoms with van der Waals surface area (Å²) in [5.41, 5.74) is 0. The van der Waals surface area contributed by atoms with Crippen LogP contribution in [0.4, 0.5) is 0 Å². The number of rotatable bonds is 38. The van der Waals surface area contributed by atoms with Gasteiger partial charge in [-0.05, 0) is 44.9 Å². The van der Waals surface area contributed by atoms with E-state index in [4.69, 9.17) is 18.9 Å². The number of aliphatic hydroxyl groups is 4. The minimum atomic E-state index is -1.61. The molecule has 0 saturated carbocycles. The maximum absolute atomic E-state index is 12.7. The molecular formula is C47H84O10. The lowest BCUT2D eigenvalue weighted by Gasteiger charge is -2.39. The molecule has 1 rings (SSSR count). The SMILES string of the molecule is CCCCCC/C=C/CCCCCCCCCCCC(=O)OC[C@@H](CO[C@H]1O[C@@H](CO)[C@@H](O)C(O)C1O)OC(=O)/C=C/C=C/CCCCCCCCCCCCC. The zero-order valence-electron chi connectivity index (χ0n) is 36.1. The molecule has 0 amide bonds. The van der Waals surface area contributed by atoms with E-state index in [9.17, 15) is 30.0 Å². The van der Waals surface area contributed by atoms with E-state index >= 15 is 0 Å². The number of carbonyl (C=O) groups is 2. The van der Waals surface area contributed by atoms with Crippen LogP contribution in [0.3, 0.4) is 0 Å². The molecule has 0 spiro atoms. The largest absolute Gasteiger partial charge is 0.462 e. The van der Waals surface area contributed by atoms with Crippen LogP contribution >= 0.6 is 0 Å². The zero-order chi connectivity index (χ0) is 41.6. The third-order valence-electron chi connectivity index (χ3n) is 10.6. The number of unbranched alkanes of at least 4 members (excludes halogenated alkanes) is 24. The Labute approximate surface area is 346 Å². The van der Waals surface area contributed by atoms with Crippen LogP contribution in [0.15, 0.2) is 36.5 Å². The van der Waals surface area contributed by atoms with E-state index < -0.39 is 55.4 Å². The van der Waals surface area contributed by atoms with Gasteiger partial charge < -0.3 is 39.4 Å². The number of esters is 2. The van der Waals surface area contributed by atoms with Crippen molar-refractivity contribution >= 4 is 11.9 Å². The Balaban J connectivity index is 2.36. The molecule has 0 aliphatic carbocycles. The van der Waals surface area contributed by atoms with E-state index in [0.29, 0.717) is 6.42 Å². The minimum absolute atomic E-state index is 0.254. The van der Waals surface area contributed by atoms with Gasteiger partial charge in [-0.2, -0.15) is 0 Å². The normalized spacial score (nSPS) is 20.6. The van der Waals surface area contributed by atoms with Crippen molar-refractivity contribution in [3.8, 4) is 0 Å². The number of carbonyl (C=O) groups excluding carboxylic acids is 2. The van der Waals surface area contributed by atoms with Crippen LogP contribution in [0.5, 0.6) is 0 Å². The molecule has 2 unspecified atom stereocenters. The summed E-state index contributed by atoms with van der Waals surface area (Å²) in [6.45, 7) is 3.31. The minimum Gasteiger partial charge on any atom is -0.462 e. The van der Waals surface area contributed by atoms with Crippen molar-refractivity contribution in [2.45, 2.75) is 230 Å². The van der Waals surface area contributed by atoms with Gasteiger partial charge in [-0.15, -0.1) is 0 Å². The zero-order valence-corrected chi connectivity index (χ0v) is 36.1. The predicted molar refractivity (Wildman–Crippen MR) is 229 cm³/mol. The van der Waals surface area contributed by atoms with Crippen molar-refractivity contribution in [2.24, 2.45) is 0 Å². The van der Waals surface area contributed by atoms with Gasteiger partial charge >= 0.3 is 11.9 Å². The highest BCUT2D eigenvalue weighted by Gasteiger charge is 2.44. The maximum Gasteiger partial charge on any atom is 0.331 e. The summed E-state index contributed by atoms with van der Waals surface area (Å²) in [6.07, 6.45) is 36.4. The summed E-state index contributed by atoms with van der Waals surface area (Å²) < 4.78 is 22.0. The smallest absolute Gasteiger partial charge is 0.331 e. The van der Waals surface area contributed by atoms with Crippen molar-refractivity contribution < 1.29 is 49.0 Å². The molecule has 0 aromatic heterocycles. The molecule has 1 heterocycles. The summed E-state index contributed by atoms with van der Waals surface area (Å²) in [7, 11) is 0. The molecule has 1 fully saturated rings. The Kier molecular flexibility index (Phi) is 35.4. The van der Waals surface area contributed by atoms with E-state index in [1.54, 1.807) is 6.08 Å². The number of ether oxygens (including phenoxy) is 4. The monoisotopic (exact) mass is 809 g/mol. The van der Waals surface area contributed by atoms with Crippen LogP contribution in [0, 0.1) is 0 Å². The van der Waals surface area contributed by atoms with Crippen LogP contribution < -0.4 is 0 Å². The van der Waals surface area contributed by atoms with E-state index in [1.165, 1.54) is 141 Å². The second-order valence-corrected chi connectivity index (χ2v) is 15.9. The number of allylic oxidation sites excluding steroid dienone is 5. The topological polar surface area (TPSA) is 152 Å². The van der Waals surface area contributed by atoms with Crippen LogP contribution in [-0.2, 0) is 28.5 Å². The van der Waals surface area contributed by atoms with E-state index in [1.807, 2.05) is 12.2 Å². The molecule has 0 aromatic carbocycles. The van der Waals surface area contributed by atoms with Gasteiger partial charge in [-0.3, -0.25) is 4.79 Å². The summed E-state index contributed by atoms with van der Waals surface area (Å²) in [6, 6.07) is 0. The highest BCUT2D eigenvalue weighted by Crippen LogP contribution is 2.22. The van der Waals surface area contributed by atoms with Crippen molar-refractivity contribution in [2.75, 3.05) is 19.8 Å². The molecule has 1 aliphatic rings. The van der Waals surface area contributed by atoms with Crippen molar-refractivity contribution in [3.05, 3.63) is 36.5 Å². The number of hydrogen-bond acceptors (Lipinski definition) is 10. The Morgan fingerprint density at radius 3 is 1.58 bits per heavy atom. The molecule has 4 N–H and O–H groups in total. The summed E-state index contributed by atoms with van der Waals surface area (Å²) in [5.74, 6) is -1.06. The third kappa shape index (κ3) is 29.7. The Bertz CT molecular complexity index is 1030. The van der Waals surface area contributed by atoms with Gasteiger partial charge in [0.25, 0.3) is 0 Å². The van der Waals surface area contributed by atoms with Gasteiger partial charge in [0, 0.05) is 12.5 Å². The van der Waals surface area contributed by atoms with Gasteiger partial charge in [0.2, 0.25) is 0 Å². The van der Waals surface area contributed by atoms with Crippen molar-refractivity contribution in [1.29, 1.82) is 0 Å². The fraction of sp³-hybridized carbons (Fsp3) is 0.830. The fourth-order valence-electron chi connectivity index (χ4n) is 6.91. The van der Waals surface area contributed by atoms with Gasteiger partial charge in [-0.1, -0.05) is 173 Å². The Morgan fingerprint density at radius 1 is 0.579 bits per heavy atom. The summed E-state index contributed by atoms with van der Waals surface area (Å²) >= 11 is 0. The average Bonchev–Trinajstić information content (AvgIpc) is 3.21.